The Balaban J connectivity index is 1.27. The fraction of sp³-hybridized carbons (Fsp3) is 0.259. The lowest BCUT2D eigenvalue weighted by molar-refractivity contribution is 0.177. The Hall–Kier alpha value is -3.62. The monoisotopic (exact) mass is 424 g/mol. The Labute approximate surface area is 189 Å². The highest BCUT2D eigenvalue weighted by Gasteiger charge is 2.19. The van der Waals surface area contributed by atoms with Gasteiger partial charge in [-0.1, -0.05) is 48.5 Å². The first-order valence-corrected chi connectivity index (χ1v) is 11.1. The number of benzene rings is 3. The van der Waals surface area contributed by atoms with E-state index in [0.29, 0.717) is 11.3 Å². The number of nitrogens with zero attached hydrogens (tertiary/aromatic N) is 2. The zero-order chi connectivity index (χ0) is 22.2. The van der Waals surface area contributed by atoms with E-state index in [2.05, 4.69) is 58.0 Å². The lowest BCUT2D eigenvalue weighted by atomic mass is 9.90. The summed E-state index contributed by atoms with van der Waals surface area (Å²) in [5.41, 5.74) is 4.49. The molecule has 0 saturated carbocycles. The van der Waals surface area contributed by atoms with Crippen LogP contribution in [0.4, 0.5) is 16.2 Å². The van der Waals surface area contributed by atoms with E-state index in [-0.39, 0.29) is 6.03 Å². The van der Waals surface area contributed by atoms with Crippen LogP contribution in [-0.4, -0.2) is 24.0 Å². The number of likely N-dealkylation sites (tertiary alicyclic amines) is 1. The maximum absolute atomic E-state index is 12.4. The third-order valence-corrected chi connectivity index (χ3v) is 5.91. The van der Waals surface area contributed by atoms with Crippen LogP contribution in [0.1, 0.15) is 29.5 Å². The van der Waals surface area contributed by atoms with Crippen LogP contribution in [0.25, 0.3) is 0 Å². The van der Waals surface area contributed by atoms with Crippen molar-refractivity contribution in [2.75, 3.05) is 23.7 Å². The van der Waals surface area contributed by atoms with Crippen molar-refractivity contribution in [2.45, 2.75) is 25.8 Å². The van der Waals surface area contributed by atoms with Gasteiger partial charge >= 0.3 is 6.03 Å². The molecule has 1 aliphatic rings. The molecule has 3 aromatic carbocycles. The summed E-state index contributed by atoms with van der Waals surface area (Å²) in [7, 11) is 0. The molecule has 2 N–H and O–H groups in total. The molecule has 2 amide bonds. The molecule has 0 atom stereocenters. The number of rotatable bonds is 6. The smallest absolute Gasteiger partial charge is 0.308 e. The van der Waals surface area contributed by atoms with E-state index in [4.69, 9.17) is 5.26 Å². The quantitative estimate of drug-likeness (QED) is 0.537. The van der Waals surface area contributed by atoms with Crippen molar-refractivity contribution >= 4 is 17.4 Å². The maximum Gasteiger partial charge on any atom is 0.323 e. The van der Waals surface area contributed by atoms with Crippen molar-refractivity contribution in [3.8, 4) is 6.07 Å². The number of carbonyl (C=O) groups is 1. The number of amides is 2. The van der Waals surface area contributed by atoms with Crippen molar-refractivity contribution in [1.29, 1.82) is 5.26 Å². The minimum Gasteiger partial charge on any atom is -0.308 e. The second kappa shape index (κ2) is 10.6. The van der Waals surface area contributed by atoms with Gasteiger partial charge in [0.15, 0.2) is 0 Å². The zero-order valence-corrected chi connectivity index (χ0v) is 18.1. The van der Waals surface area contributed by atoms with E-state index in [0.717, 1.165) is 31.2 Å². The Morgan fingerprint density at radius 2 is 1.53 bits per heavy atom. The Bertz CT molecular complexity index is 1080. The van der Waals surface area contributed by atoms with Crippen LogP contribution in [0.3, 0.4) is 0 Å². The first-order valence-electron chi connectivity index (χ1n) is 11.1. The molecule has 0 radical (unpaired) electrons. The Morgan fingerprint density at radius 3 is 2.25 bits per heavy atom. The molecule has 5 heteroatoms. The predicted molar refractivity (Wildman–Crippen MR) is 128 cm³/mol. The highest BCUT2D eigenvalue weighted by molar-refractivity contribution is 5.99. The number of hydrogen-bond donors (Lipinski definition) is 2. The molecular formula is C27H28N4O. The number of urea groups is 1. The number of nitrogens with one attached hydrogen (secondary N) is 2. The number of carbonyl (C=O) groups excluding carboxylic acids is 1. The van der Waals surface area contributed by atoms with Gasteiger partial charge in [-0.25, -0.2) is 4.79 Å². The van der Waals surface area contributed by atoms with E-state index in [9.17, 15) is 4.79 Å². The van der Waals surface area contributed by atoms with Gasteiger partial charge in [-0.2, -0.15) is 5.26 Å². The van der Waals surface area contributed by atoms with Crippen LogP contribution in [0.15, 0.2) is 78.9 Å². The molecule has 32 heavy (non-hydrogen) atoms. The minimum absolute atomic E-state index is 0.320. The number of piperidine rings is 1. The van der Waals surface area contributed by atoms with Crippen molar-refractivity contribution in [3.63, 3.8) is 0 Å². The highest BCUT2D eigenvalue weighted by atomic mass is 16.2. The van der Waals surface area contributed by atoms with E-state index >= 15 is 0 Å². The molecule has 0 aromatic heterocycles. The minimum atomic E-state index is -0.320. The predicted octanol–water partition coefficient (Wildman–Crippen LogP) is 5.66. The van der Waals surface area contributed by atoms with E-state index < -0.39 is 0 Å². The molecule has 0 spiro atoms. The second-order valence-corrected chi connectivity index (χ2v) is 8.38. The van der Waals surface area contributed by atoms with Crippen LogP contribution in [0.5, 0.6) is 0 Å². The Morgan fingerprint density at radius 1 is 0.875 bits per heavy atom. The fourth-order valence-corrected chi connectivity index (χ4v) is 4.26. The molecule has 1 aliphatic heterocycles. The van der Waals surface area contributed by atoms with Gasteiger partial charge in [-0.3, -0.25) is 4.90 Å². The first kappa shape index (κ1) is 21.6. The summed E-state index contributed by atoms with van der Waals surface area (Å²) in [6.45, 7) is 3.09. The summed E-state index contributed by atoms with van der Waals surface area (Å²) < 4.78 is 0. The highest BCUT2D eigenvalue weighted by Crippen LogP contribution is 2.23. The summed E-state index contributed by atoms with van der Waals surface area (Å²) in [6, 6.07) is 27.4. The number of anilines is 2. The zero-order valence-electron chi connectivity index (χ0n) is 18.1. The topological polar surface area (TPSA) is 68.2 Å². The number of hydrogen-bond acceptors (Lipinski definition) is 3. The summed E-state index contributed by atoms with van der Waals surface area (Å²) in [6.07, 6.45) is 3.61. The van der Waals surface area contributed by atoms with Gasteiger partial charge in [-0.15, -0.1) is 0 Å². The van der Waals surface area contributed by atoms with Crippen molar-refractivity contribution in [2.24, 2.45) is 5.92 Å². The van der Waals surface area contributed by atoms with Crippen molar-refractivity contribution in [1.82, 2.24) is 4.90 Å². The van der Waals surface area contributed by atoms with E-state index in [1.807, 2.05) is 18.2 Å². The molecule has 0 unspecified atom stereocenters. The third kappa shape index (κ3) is 6.19. The molecule has 1 heterocycles. The van der Waals surface area contributed by atoms with Crippen LogP contribution in [0, 0.1) is 17.2 Å². The van der Waals surface area contributed by atoms with E-state index in [1.165, 1.54) is 30.4 Å². The van der Waals surface area contributed by atoms with Gasteiger partial charge in [-0.05, 0) is 79.7 Å². The molecule has 0 aliphatic carbocycles. The summed E-state index contributed by atoms with van der Waals surface area (Å²) in [5, 5.41) is 14.7. The number of nitriles is 1. The van der Waals surface area contributed by atoms with Crippen LogP contribution in [0.2, 0.25) is 0 Å². The normalized spacial score (nSPS) is 14.5. The molecule has 0 bridgehead atoms. The van der Waals surface area contributed by atoms with Gasteiger partial charge in [0.1, 0.15) is 0 Å². The van der Waals surface area contributed by atoms with Gasteiger partial charge in [0, 0.05) is 17.9 Å². The van der Waals surface area contributed by atoms with Crippen LogP contribution in [-0.2, 0) is 13.0 Å². The summed E-state index contributed by atoms with van der Waals surface area (Å²) in [5.74, 6) is 0.755. The third-order valence-electron chi connectivity index (χ3n) is 5.91. The van der Waals surface area contributed by atoms with Crippen LogP contribution >= 0.6 is 0 Å². The largest absolute Gasteiger partial charge is 0.323 e. The maximum atomic E-state index is 12.4. The average Bonchev–Trinajstić information content (AvgIpc) is 2.81. The Kier molecular flexibility index (Phi) is 7.16. The van der Waals surface area contributed by atoms with Gasteiger partial charge < -0.3 is 10.6 Å². The van der Waals surface area contributed by atoms with Gasteiger partial charge in [0.05, 0.1) is 11.6 Å². The van der Waals surface area contributed by atoms with Crippen molar-refractivity contribution < 1.29 is 4.79 Å². The molecule has 4 rings (SSSR count). The molecule has 1 fully saturated rings. The van der Waals surface area contributed by atoms with Gasteiger partial charge in [0.25, 0.3) is 0 Å². The molecule has 5 nitrogen and oxygen atoms in total. The summed E-state index contributed by atoms with van der Waals surface area (Å²) in [4.78, 5) is 14.8. The van der Waals surface area contributed by atoms with Crippen LogP contribution < -0.4 is 10.6 Å². The molecule has 1 saturated heterocycles. The molecular weight excluding hydrogens is 396 g/mol. The molecule has 162 valence electrons. The van der Waals surface area contributed by atoms with E-state index in [1.54, 1.807) is 24.3 Å². The van der Waals surface area contributed by atoms with Gasteiger partial charge in [0.2, 0.25) is 0 Å². The summed E-state index contributed by atoms with van der Waals surface area (Å²) >= 11 is 0. The van der Waals surface area contributed by atoms with Crippen molar-refractivity contribution in [3.05, 3.63) is 95.6 Å². The lowest BCUT2D eigenvalue weighted by Gasteiger charge is -2.32. The fourth-order valence-electron chi connectivity index (χ4n) is 4.26. The first-order chi connectivity index (χ1) is 15.7. The lowest BCUT2D eigenvalue weighted by Crippen LogP contribution is -2.33. The SMILES string of the molecule is N#Cc1cccc(NC(=O)Nc2cccc(CN3CCC(Cc4ccccc4)CC3)c2)c1. The average molecular weight is 425 g/mol. The standard InChI is InChI=1S/C27H28N4O/c28-19-23-8-4-10-25(17-23)29-27(32)30-26-11-5-9-24(18-26)20-31-14-12-22(13-15-31)16-21-6-2-1-3-7-21/h1-11,17-18,22H,12-16,20H2,(H2,29,30,32). The second-order valence-electron chi connectivity index (χ2n) is 8.38. The molecule has 3 aromatic rings.